The van der Waals surface area contributed by atoms with Gasteiger partial charge in [-0.25, -0.2) is 9.13 Å². The molecule has 0 aliphatic carbocycles. The number of hydrogen-bond donors (Lipinski definition) is 1. The van der Waals surface area contributed by atoms with Crippen molar-refractivity contribution in [3.8, 4) is 11.8 Å². The van der Waals surface area contributed by atoms with Crippen molar-refractivity contribution in [2.75, 3.05) is 0 Å². The number of halogens is 3. The highest BCUT2D eigenvalue weighted by molar-refractivity contribution is 7.86. The number of nitriles is 1. The van der Waals surface area contributed by atoms with Crippen molar-refractivity contribution in [1.29, 1.82) is 5.26 Å². The summed E-state index contributed by atoms with van der Waals surface area (Å²) in [6, 6.07) is 8.50. The Bertz CT molecular complexity index is 861. The van der Waals surface area contributed by atoms with E-state index in [0.29, 0.717) is 5.69 Å². The van der Waals surface area contributed by atoms with Crippen LogP contribution in [-0.4, -0.2) is 23.0 Å². The highest BCUT2D eigenvalue weighted by atomic mass is 32.2. The third-order valence-electron chi connectivity index (χ3n) is 2.85. The maximum absolute atomic E-state index is 10.7. The van der Waals surface area contributed by atoms with Gasteiger partial charge in [0.2, 0.25) is 12.0 Å². The van der Waals surface area contributed by atoms with Crippen molar-refractivity contribution in [3.05, 3.63) is 47.5 Å². The number of hydrogen-bond acceptors (Lipinski definition) is 3. The van der Waals surface area contributed by atoms with Gasteiger partial charge in [-0.05, 0) is 37.1 Å². The van der Waals surface area contributed by atoms with Crippen LogP contribution >= 0.6 is 0 Å². The third-order valence-corrected chi connectivity index (χ3v) is 3.44. The first-order valence-electron chi connectivity index (χ1n) is 6.45. The van der Waals surface area contributed by atoms with E-state index in [0.717, 1.165) is 5.69 Å². The fourth-order valence-electron chi connectivity index (χ4n) is 1.85. The summed E-state index contributed by atoms with van der Waals surface area (Å²) in [5.74, 6) is 0. The van der Waals surface area contributed by atoms with Crippen LogP contribution in [0, 0.1) is 25.2 Å². The van der Waals surface area contributed by atoms with Gasteiger partial charge in [-0.2, -0.15) is 26.9 Å². The summed E-state index contributed by atoms with van der Waals surface area (Å²) in [5, 5.41) is 8.90. The Kier molecular flexibility index (Phi) is 5.75. The van der Waals surface area contributed by atoms with Gasteiger partial charge in [0.15, 0.2) is 6.20 Å². The van der Waals surface area contributed by atoms with Crippen LogP contribution in [0.2, 0.25) is 0 Å². The molecular formula is C14H15F3N3O3S+. The Morgan fingerprint density at radius 3 is 2.00 bits per heavy atom. The average Bonchev–Trinajstić information content (AvgIpc) is 2.77. The predicted molar refractivity (Wildman–Crippen MR) is 78.7 cm³/mol. The molecule has 1 aromatic heterocycles. The molecule has 0 bridgehead atoms. The van der Waals surface area contributed by atoms with E-state index in [4.69, 9.17) is 18.2 Å². The molecule has 0 saturated heterocycles. The molecule has 0 fully saturated rings. The van der Waals surface area contributed by atoms with Gasteiger partial charge < -0.3 is 0 Å². The second kappa shape index (κ2) is 7.02. The van der Waals surface area contributed by atoms with Gasteiger partial charge >= 0.3 is 15.6 Å². The molecule has 0 amide bonds. The molecular weight excluding hydrogens is 347 g/mol. The van der Waals surface area contributed by atoms with E-state index in [-0.39, 0.29) is 0 Å². The molecule has 24 heavy (non-hydrogen) atoms. The van der Waals surface area contributed by atoms with Gasteiger partial charge in [0, 0.05) is 0 Å². The molecule has 10 heteroatoms. The third kappa shape index (κ3) is 5.07. The molecule has 2 rings (SSSR count). The summed E-state index contributed by atoms with van der Waals surface area (Å²) in [5.41, 5.74) is -1.34. The van der Waals surface area contributed by atoms with Crippen molar-refractivity contribution < 1.29 is 30.7 Å². The second-order valence-corrected chi connectivity index (χ2v) is 6.44. The molecule has 0 aliphatic rings. The van der Waals surface area contributed by atoms with E-state index in [1.54, 1.807) is 0 Å². The first-order chi connectivity index (χ1) is 10.8. The van der Waals surface area contributed by atoms with Crippen molar-refractivity contribution in [2.24, 2.45) is 7.05 Å². The number of imidazole rings is 1. The van der Waals surface area contributed by atoms with Crippen LogP contribution in [0.3, 0.4) is 0 Å². The molecule has 0 saturated carbocycles. The SMILES string of the molecule is Cc1cc(C)cc(-n2cc(C#N)[n+](C)c2)c1.O=S(=O)(O)C(F)(F)F. The Hall–Kier alpha value is -2.38. The summed E-state index contributed by atoms with van der Waals surface area (Å²) in [6.07, 6.45) is 3.75. The number of aryl methyl sites for hydroxylation is 3. The first-order valence-corrected chi connectivity index (χ1v) is 7.89. The van der Waals surface area contributed by atoms with Crippen LogP contribution in [-0.2, 0) is 17.2 Å². The molecule has 2 aromatic rings. The van der Waals surface area contributed by atoms with E-state index >= 15 is 0 Å². The highest BCUT2D eigenvalue weighted by Gasteiger charge is 2.44. The molecule has 0 spiro atoms. The molecule has 1 aromatic carbocycles. The lowest BCUT2D eigenvalue weighted by atomic mass is 10.1. The zero-order valence-corrected chi connectivity index (χ0v) is 13.9. The maximum Gasteiger partial charge on any atom is 0.522 e. The Morgan fingerprint density at radius 2 is 1.67 bits per heavy atom. The van der Waals surface area contributed by atoms with Gasteiger partial charge in [-0.3, -0.25) is 4.55 Å². The van der Waals surface area contributed by atoms with Crippen LogP contribution in [0.5, 0.6) is 0 Å². The van der Waals surface area contributed by atoms with Gasteiger partial charge in [0.1, 0.15) is 11.8 Å². The van der Waals surface area contributed by atoms with Crippen LogP contribution in [0.4, 0.5) is 13.2 Å². The minimum Gasteiger partial charge on any atom is -0.279 e. The Balaban J connectivity index is 0.000000307. The fraction of sp³-hybridized carbons (Fsp3) is 0.286. The maximum atomic E-state index is 10.7. The predicted octanol–water partition coefficient (Wildman–Crippen LogP) is 2.18. The monoisotopic (exact) mass is 362 g/mol. The summed E-state index contributed by atoms with van der Waals surface area (Å²) >= 11 is 0. The van der Waals surface area contributed by atoms with E-state index < -0.39 is 15.6 Å². The van der Waals surface area contributed by atoms with Crippen LogP contribution in [0.25, 0.3) is 5.69 Å². The Morgan fingerprint density at radius 1 is 1.21 bits per heavy atom. The van der Waals surface area contributed by atoms with Gasteiger partial charge in [-0.1, -0.05) is 6.07 Å². The standard InChI is InChI=1S/C13H14N3.CHF3O3S/c1-10-4-11(2)6-12(5-10)16-8-13(7-14)15(3)9-16;2-1(3,4)8(5,6)7/h4-6,8-9H,1-3H3;(H,5,6,7)/q+1;. The molecule has 0 radical (unpaired) electrons. The smallest absolute Gasteiger partial charge is 0.279 e. The molecule has 0 unspecified atom stereocenters. The minimum absolute atomic E-state index is 0.652. The quantitative estimate of drug-likeness (QED) is 0.479. The van der Waals surface area contributed by atoms with E-state index in [1.165, 1.54) is 11.1 Å². The average molecular weight is 362 g/mol. The van der Waals surface area contributed by atoms with Gasteiger partial charge in [0.25, 0.3) is 0 Å². The van der Waals surface area contributed by atoms with Crippen molar-refractivity contribution in [2.45, 2.75) is 19.4 Å². The fourth-order valence-corrected chi connectivity index (χ4v) is 1.85. The molecule has 6 nitrogen and oxygen atoms in total. The summed E-state index contributed by atoms with van der Waals surface area (Å²) < 4.78 is 61.3. The molecule has 1 N–H and O–H groups in total. The summed E-state index contributed by atoms with van der Waals surface area (Å²) in [4.78, 5) is 0. The van der Waals surface area contributed by atoms with E-state index in [9.17, 15) is 13.2 Å². The largest absolute Gasteiger partial charge is 0.522 e. The number of alkyl halides is 3. The number of benzene rings is 1. The zero-order chi connectivity index (χ0) is 18.7. The van der Waals surface area contributed by atoms with E-state index in [2.05, 4.69) is 38.1 Å². The molecule has 0 atom stereocenters. The van der Waals surface area contributed by atoms with Crippen molar-refractivity contribution in [3.63, 3.8) is 0 Å². The van der Waals surface area contributed by atoms with Crippen LogP contribution in [0.15, 0.2) is 30.7 Å². The lowest BCUT2D eigenvalue weighted by molar-refractivity contribution is -0.673. The van der Waals surface area contributed by atoms with Gasteiger partial charge in [-0.15, -0.1) is 0 Å². The van der Waals surface area contributed by atoms with Gasteiger partial charge in [0.05, 0.1) is 7.05 Å². The molecule has 0 aliphatic heterocycles. The lowest BCUT2D eigenvalue weighted by Crippen LogP contribution is -2.28. The topological polar surface area (TPSA) is 87.0 Å². The molecule has 1 heterocycles. The number of aromatic nitrogens is 2. The van der Waals surface area contributed by atoms with Crippen LogP contribution < -0.4 is 4.57 Å². The second-order valence-electron chi connectivity index (χ2n) is 5.03. The Labute approximate surface area is 137 Å². The van der Waals surface area contributed by atoms with Crippen molar-refractivity contribution >= 4 is 10.1 Å². The van der Waals surface area contributed by atoms with Crippen LogP contribution in [0.1, 0.15) is 16.8 Å². The summed E-state index contributed by atoms with van der Waals surface area (Å²) in [6.45, 7) is 4.15. The zero-order valence-electron chi connectivity index (χ0n) is 13.0. The molecule has 130 valence electrons. The summed E-state index contributed by atoms with van der Waals surface area (Å²) in [7, 11) is -3.97. The highest BCUT2D eigenvalue weighted by Crippen LogP contribution is 2.20. The normalized spacial score (nSPS) is 11.4. The van der Waals surface area contributed by atoms with Crippen molar-refractivity contribution in [1.82, 2.24) is 4.57 Å². The van der Waals surface area contributed by atoms with E-state index in [1.807, 2.05) is 28.7 Å². The number of nitrogens with zero attached hydrogens (tertiary/aromatic N) is 3. The number of rotatable bonds is 1. The lowest BCUT2D eigenvalue weighted by Gasteiger charge is -2.00. The first kappa shape index (κ1) is 19.7. The minimum atomic E-state index is -5.84.